The number of nitrogens with zero attached hydrogens (tertiary/aromatic N) is 3. The first-order valence-corrected chi connectivity index (χ1v) is 9.23. The molecular weight excluding hydrogens is 362 g/mol. The number of para-hydroxylation sites is 1. The van der Waals surface area contributed by atoms with Gasteiger partial charge in [0.05, 0.1) is 23.0 Å². The number of nitriles is 1. The molecular formula is C21H22F2N4O. The largest absolute Gasteiger partial charge is 0.369 e. The first kappa shape index (κ1) is 19.8. The zero-order chi connectivity index (χ0) is 20.1. The van der Waals surface area contributed by atoms with Crippen LogP contribution in [0.5, 0.6) is 0 Å². The van der Waals surface area contributed by atoms with Crippen molar-refractivity contribution in [2.75, 3.05) is 36.4 Å². The molecule has 1 atom stereocenters. The summed E-state index contributed by atoms with van der Waals surface area (Å²) >= 11 is 0. The van der Waals surface area contributed by atoms with Crippen LogP contribution in [0.25, 0.3) is 0 Å². The van der Waals surface area contributed by atoms with Gasteiger partial charge in [0.15, 0.2) is 0 Å². The number of hydrogen-bond acceptors (Lipinski definition) is 4. The lowest BCUT2D eigenvalue weighted by molar-refractivity contribution is -0.120. The van der Waals surface area contributed by atoms with E-state index < -0.39 is 17.7 Å². The van der Waals surface area contributed by atoms with Crippen molar-refractivity contribution in [3.8, 4) is 6.07 Å². The lowest BCUT2D eigenvalue weighted by Gasteiger charge is -2.27. The van der Waals surface area contributed by atoms with E-state index in [1.54, 1.807) is 13.0 Å². The Bertz CT molecular complexity index is 896. The van der Waals surface area contributed by atoms with E-state index in [0.29, 0.717) is 25.2 Å². The van der Waals surface area contributed by atoms with E-state index in [1.165, 1.54) is 0 Å². The number of halogens is 2. The fourth-order valence-corrected chi connectivity index (χ4v) is 3.41. The maximum Gasteiger partial charge on any atom is 0.241 e. The topological polar surface area (TPSA) is 59.4 Å². The van der Waals surface area contributed by atoms with E-state index in [4.69, 9.17) is 0 Å². The lowest BCUT2D eigenvalue weighted by Crippen LogP contribution is -2.44. The van der Waals surface area contributed by atoms with E-state index in [2.05, 4.69) is 16.3 Å². The normalized spacial score (nSPS) is 16.1. The van der Waals surface area contributed by atoms with Crippen molar-refractivity contribution in [3.63, 3.8) is 0 Å². The van der Waals surface area contributed by atoms with Crippen LogP contribution in [0.2, 0.25) is 0 Å². The summed E-state index contributed by atoms with van der Waals surface area (Å²) in [5.41, 5.74) is 1.37. The van der Waals surface area contributed by atoms with Crippen LogP contribution in [-0.2, 0) is 4.79 Å². The second-order valence-corrected chi connectivity index (χ2v) is 6.79. The highest BCUT2D eigenvalue weighted by molar-refractivity contribution is 5.94. The molecule has 1 unspecified atom stereocenters. The third-order valence-electron chi connectivity index (χ3n) is 5.01. The van der Waals surface area contributed by atoms with Gasteiger partial charge in [-0.3, -0.25) is 9.69 Å². The third kappa shape index (κ3) is 4.46. The quantitative estimate of drug-likeness (QED) is 0.878. The molecule has 2 aromatic carbocycles. The van der Waals surface area contributed by atoms with Crippen LogP contribution < -0.4 is 10.2 Å². The second-order valence-electron chi connectivity index (χ2n) is 6.79. The molecule has 28 heavy (non-hydrogen) atoms. The Morgan fingerprint density at radius 3 is 2.71 bits per heavy atom. The van der Waals surface area contributed by atoms with Crippen molar-refractivity contribution in [3.05, 3.63) is 59.7 Å². The van der Waals surface area contributed by atoms with Gasteiger partial charge in [-0.05, 0) is 37.6 Å². The van der Waals surface area contributed by atoms with E-state index in [1.807, 2.05) is 23.1 Å². The molecule has 2 aromatic rings. The molecule has 1 aliphatic rings. The van der Waals surface area contributed by atoms with Crippen molar-refractivity contribution >= 4 is 17.3 Å². The van der Waals surface area contributed by atoms with E-state index in [0.717, 1.165) is 36.9 Å². The monoisotopic (exact) mass is 384 g/mol. The molecule has 0 saturated carbocycles. The van der Waals surface area contributed by atoms with Crippen LogP contribution in [0.15, 0.2) is 42.5 Å². The molecule has 1 fully saturated rings. The number of hydrogen-bond donors (Lipinski definition) is 1. The summed E-state index contributed by atoms with van der Waals surface area (Å²) in [6.45, 7) is 4.53. The number of benzene rings is 2. The average Bonchev–Trinajstić information content (AvgIpc) is 2.96. The summed E-state index contributed by atoms with van der Waals surface area (Å²) in [5, 5.41) is 11.8. The first-order valence-electron chi connectivity index (χ1n) is 9.23. The highest BCUT2D eigenvalue weighted by Gasteiger charge is 2.25. The van der Waals surface area contributed by atoms with Crippen LogP contribution >= 0.6 is 0 Å². The van der Waals surface area contributed by atoms with Crippen LogP contribution in [0.4, 0.5) is 20.2 Å². The van der Waals surface area contributed by atoms with Gasteiger partial charge in [-0.25, -0.2) is 8.78 Å². The molecule has 1 N–H and O–H groups in total. The van der Waals surface area contributed by atoms with Gasteiger partial charge in [0.1, 0.15) is 17.7 Å². The lowest BCUT2D eigenvalue weighted by atomic mass is 10.1. The Morgan fingerprint density at radius 2 is 1.93 bits per heavy atom. The number of carbonyl (C=O) groups is 1. The van der Waals surface area contributed by atoms with Crippen molar-refractivity contribution in [2.24, 2.45) is 0 Å². The Labute approximate surface area is 163 Å². The molecule has 3 rings (SSSR count). The standard InChI is InChI=1S/C21H22F2N4O/c1-15(21(28)25-19-13-17(22)7-8-18(19)23)26-9-4-10-27(12-11-26)20-6-3-2-5-16(20)14-24/h2-3,5-8,13,15H,4,9-12H2,1H3,(H,25,28). The van der Waals surface area contributed by atoms with Crippen LogP contribution in [0.3, 0.4) is 0 Å². The van der Waals surface area contributed by atoms with E-state index >= 15 is 0 Å². The maximum atomic E-state index is 13.8. The van der Waals surface area contributed by atoms with Gasteiger partial charge in [0, 0.05) is 32.2 Å². The van der Waals surface area contributed by atoms with Crippen LogP contribution in [-0.4, -0.2) is 43.0 Å². The predicted octanol–water partition coefficient (Wildman–Crippen LogP) is 3.38. The third-order valence-corrected chi connectivity index (χ3v) is 5.01. The van der Waals surface area contributed by atoms with E-state index in [9.17, 15) is 18.8 Å². The average molecular weight is 384 g/mol. The molecule has 0 bridgehead atoms. The minimum absolute atomic E-state index is 0.156. The molecule has 0 aromatic heterocycles. The minimum atomic E-state index is -0.669. The van der Waals surface area contributed by atoms with Crippen molar-refractivity contribution in [2.45, 2.75) is 19.4 Å². The Balaban J connectivity index is 1.65. The van der Waals surface area contributed by atoms with Gasteiger partial charge in [0.2, 0.25) is 5.91 Å². The zero-order valence-corrected chi connectivity index (χ0v) is 15.7. The van der Waals surface area contributed by atoms with Gasteiger partial charge in [0.25, 0.3) is 0 Å². The SMILES string of the molecule is CC(C(=O)Nc1cc(F)ccc1F)N1CCCN(c2ccccc2C#N)CC1. The van der Waals surface area contributed by atoms with Crippen molar-refractivity contribution in [1.29, 1.82) is 5.26 Å². The Kier molecular flexibility index (Phi) is 6.22. The van der Waals surface area contributed by atoms with Gasteiger partial charge < -0.3 is 10.2 Å². The highest BCUT2D eigenvalue weighted by atomic mass is 19.1. The summed E-state index contributed by atoms with van der Waals surface area (Å²) in [6.07, 6.45) is 0.825. The summed E-state index contributed by atoms with van der Waals surface area (Å²) in [6, 6.07) is 12.2. The molecule has 0 spiro atoms. The summed E-state index contributed by atoms with van der Waals surface area (Å²) in [4.78, 5) is 16.7. The molecule has 0 aliphatic carbocycles. The number of rotatable bonds is 4. The smallest absolute Gasteiger partial charge is 0.241 e. The minimum Gasteiger partial charge on any atom is -0.369 e. The first-order chi connectivity index (χ1) is 13.5. The van der Waals surface area contributed by atoms with Crippen LogP contribution in [0, 0.1) is 23.0 Å². The summed E-state index contributed by atoms with van der Waals surface area (Å²) in [5.74, 6) is -1.65. The Morgan fingerprint density at radius 1 is 1.14 bits per heavy atom. The molecule has 1 saturated heterocycles. The fourth-order valence-electron chi connectivity index (χ4n) is 3.41. The number of nitrogens with one attached hydrogen (secondary N) is 1. The highest BCUT2D eigenvalue weighted by Crippen LogP contribution is 2.22. The number of amides is 1. The fraction of sp³-hybridized carbons (Fsp3) is 0.333. The summed E-state index contributed by atoms with van der Waals surface area (Å²) < 4.78 is 27.1. The van der Waals surface area contributed by atoms with Gasteiger partial charge in [-0.15, -0.1) is 0 Å². The number of anilines is 2. The molecule has 146 valence electrons. The molecule has 7 heteroatoms. The zero-order valence-electron chi connectivity index (χ0n) is 15.7. The van der Waals surface area contributed by atoms with Gasteiger partial charge in [-0.2, -0.15) is 5.26 Å². The van der Waals surface area contributed by atoms with Gasteiger partial charge >= 0.3 is 0 Å². The number of carbonyl (C=O) groups excluding carboxylic acids is 1. The molecule has 1 aliphatic heterocycles. The molecule has 0 radical (unpaired) electrons. The van der Waals surface area contributed by atoms with E-state index in [-0.39, 0.29) is 11.6 Å². The molecule has 1 heterocycles. The molecule has 1 amide bonds. The summed E-state index contributed by atoms with van der Waals surface area (Å²) in [7, 11) is 0. The maximum absolute atomic E-state index is 13.8. The van der Waals surface area contributed by atoms with Crippen molar-refractivity contribution in [1.82, 2.24) is 4.90 Å². The predicted molar refractivity (Wildman–Crippen MR) is 104 cm³/mol. The Hall–Kier alpha value is -2.98. The molecule has 5 nitrogen and oxygen atoms in total. The van der Waals surface area contributed by atoms with Gasteiger partial charge in [-0.1, -0.05) is 12.1 Å². The second kappa shape index (κ2) is 8.81. The van der Waals surface area contributed by atoms with Crippen LogP contribution in [0.1, 0.15) is 18.9 Å². The van der Waals surface area contributed by atoms with Crippen molar-refractivity contribution < 1.29 is 13.6 Å².